The third-order valence-corrected chi connectivity index (χ3v) is 4.36. The average Bonchev–Trinajstić information content (AvgIpc) is 2.52. The van der Waals surface area contributed by atoms with Crippen molar-refractivity contribution in [3.05, 3.63) is 42.5 Å². The van der Waals surface area contributed by atoms with Crippen LogP contribution < -0.4 is 9.61 Å². The number of hydrogen-bond donors (Lipinski definition) is 1. The zero-order chi connectivity index (χ0) is 17.7. The second-order valence-corrected chi connectivity index (χ2v) is 7.97. The molecule has 0 saturated carbocycles. The summed E-state index contributed by atoms with van der Waals surface area (Å²) in [6, 6.07) is 12.5. The highest BCUT2D eigenvalue weighted by molar-refractivity contribution is 7.37. The molecule has 0 bridgehead atoms. The van der Waals surface area contributed by atoms with E-state index in [2.05, 4.69) is 5.09 Å². The van der Waals surface area contributed by atoms with Crippen LogP contribution in [0, 0.1) is 5.41 Å². The van der Waals surface area contributed by atoms with Crippen molar-refractivity contribution in [2.24, 2.45) is 5.41 Å². The van der Waals surface area contributed by atoms with Gasteiger partial charge in [0.15, 0.2) is 0 Å². The van der Waals surface area contributed by atoms with Crippen molar-refractivity contribution in [1.82, 2.24) is 5.09 Å². The van der Waals surface area contributed by atoms with E-state index in [9.17, 15) is 9.36 Å². The molecule has 2 aromatic rings. The van der Waals surface area contributed by atoms with Crippen LogP contribution in [0.1, 0.15) is 27.7 Å². The van der Waals surface area contributed by atoms with E-state index in [0.29, 0.717) is 12.4 Å². The van der Waals surface area contributed by atoms with Crippen LogP contribution in [0.15, 0.2) is 42.5 Å². The Hall–Kier alpha value is -1.84. The molecule has 24 heavy (non-hydrogen) atoms. The highest BCUT2D eigenvalue weighted by atomic mass is 31.1. The van der Waals surface area contributed by atoms with Gasteiger partial charge in [-0.25, -0.2) is 5.09 Å². The molecule has 0 aliphatic rings. The van der Waals surface area contributed by atoms with Crippen molar-refractivity contribution in [1.29, 1.82) is 0 Å². The van der Waals surface area contributed by atoms with E-state index in [0.717, 1.165) is 10.8 Å². The first-order valence-corrected chi connectivity index (χ1v) is 9.21. The van der Waals surface area contributed by atoms with Gasteiger partial charge in [-0.3, -0.25) is 9.36 Å². The Balaban J connectivity index is 1.96. The minimum atomic E-state index is -2.63. The van der Waals surface area contributed by atoms with Crippen LogP contribution in [-0.4, -0.2) is 18.6 Å². The first kappa shape index (κ1) is 18.5. The Bertz CT molecular complexity index is 734. The lowest BCUT2D eigenvalue weighted by atomic mass is 9.99. The van der Waals surface area contributed by atoms with Crippen LogP contribution in [0.5, 0.6) is 5.75 Å². The maximum absolute atomic E-state index is 12.2. The number of carbonyl (C=O) groups is 1. The summed E-state index contributed by atoms with van der Waals surface area (Å²) in [5.74, 6) is 0.0875. The molecule has 0 fully saturated rings. The fourth-order valence-corrected chi connectivity index (χ4v) is 2.97. The summed E-state index contributed by atoms with van der Waals surface area (Å²) in [4.78, 5) is 11.9. The lowest BCUT2D eigenvalue weighted by molar-refractivity contribution is -0.147. The van der Waals surface area contributed by atoms with Gasteiger partial charge in [-0.1, -0.05) is 57.2 Å². The van der Waals surface area contributed by atoms with Crippen molar-refractivity contribution in [3.63, 3.8) is 0 Å². The number of carbonyl (C=O) groups excluding carboxylic acids is 1. The van der Waals surface area contributed by atoms with Crippen LogP contribution in [-0.2, 0) is 14.1 Å². The van der Waals surface area contributed by atoms with Gasteiger partial charge in [-0.05, 0) is 23.8 Å². The first-order valence-electron chi connectivity index (χ1n) is 7.89. The maximum atomic E-state index is 12.2. The summed E-state index contributed by atoms with van der Waals surface area (Å²) in [6.07, 6.45) is 0. The summed E-state index contributed by atoms with van der Waals surface area (Å²) in [6.45, 7) is 7.85. The van der Waals surface area contributed by atoms with Crippen LogP contribution in [0.3, 0.4) is 0 Å². The molecule has 0 amide bonds. The van der Waals surface area contributed by atoms with Gasteiger partial charge in [0, 0.05) is 5.39 Å². The van der Waals surface area contributed by atoms with Gasteiger partial charge in [0.25, 0.3) is 0 Å². The van der Waals surface area contributed by atoms with Crippen molar-refractivity contribution < 1.29 is 18.6 Å². The molecule has 6 heteroatoms. The topological polar surface area (TPSA) is 64.6 Å². The SMILES string of the molecule is C[C@H](N[PH](=O)Oc1cccc2ccccc12)C(=O)OCC(C)(C)C. The average molecular weight is 349 g/mol. The van der Waals surface area contributed by atoms with Crippen molar-refractivity contribution in [3.8, 4) is 5.75 Å². The monoisotopic (exact) mass is 349 g/mol. The number of benzene rings is 2. The number of ether oxygens (including phenoxy) is 1. The molecule has 1 unspecified atom stereocenters. The van der Waals surface area contributed by atoms with Crippen LogP contribution >= 0.6 is 8.18 Å². The van der Waals surface area contributed by atoms with Crippen molar-refractivity contribution in [2.45, 2.75) is 33.7 Å². The van der Waals surface area contributed by atoms with E-state index in [1.165, 1.54) is 0 Å². The molecule has 0 aromatic heterocycles. The van der Waals surface area contributed by atoms with E-state index >= 15 is 0 Å². The minimum absolute atomic E-state index is 0.111. The molecule has 2 atom stereocenters. The van der Waals surface area contributed by atoms with E-state index < -0.39 is 20.2 Å². The van der Waals surface area contributed by atoms with Crippen molar-refractivity contribution in [2.75, 3.05) is 6.61 Å². The normalized spacial score (nSPS) is 14.2. The third kappa shape index (κ3) is 5.36. The van der Waals surface area contributed by atoms with Gasteiger partial charge in [0.2, 0.25) is 0 Å². The lowest BCUT2D eigenvalue weighted by Gasteiger charge is -2.20. The Kier molecular flexibility index (Phi) is 6.03. The lowest BCUT2D eigenvalue weighted by Crippen LogP contribution is -2.33. The molecule has 0 saturated heterocycles. The first-order chi connectivity index (χ1) is 11.3. The smallest absolute Gasteiger partial charge is 0.323 e. The molecule has 1 N–H and O–H groups in total. The molecular formula is C18H24NO4P. The predicted octanol–water partition coefficient (Wildman–Crippen LogP) is 4.18. The number of esters is 1. The fourth-order valence-electron chi connectivity index (χ4n) is 2.06. The van der Waals surface area contributed by atoms with Crippen molar-refractivity contribution >= 4 is 24.9 Å². The molecular weight excluding hydrogens is 325 g/mol. The molecule has 0 radical (unpaired) electrons. The van der Waals surface area contributed by atoms with Gasteiger partial charge in [0.1, 0.15) is 11.8 Å². The molecule has 2 rings (SSSR count). The largest absolute Gasteiger partial charge is 0.464 e. The summed E-state index contributed by atoms with van der Waals surface area (Å²) >= 11 is 0. The summed E-state index contributed by atoms with van der Waals surface area (Å²) < 4.78 is 22.9. The zero-order valence-corrected chi connectivity index (χ0v) is 15.5. The zero-order valence-electron chi connectivity index (χ0n) is 14.5. The van der Waals surface area contributed by atoms with Gasteiger partial charge in [-0.2, -0.15) is 0 Å². The maximum Gasteiger partial charge on any atom is 0.323 e. The van der Waals surface area contributed by atoms with Gasteiger partial charge in [-0.15, -0.1) is 0 Å². The van der Waals surface area contributed by atoms with E-state index in [-0.39, 0.29) is 5.41 Å². The number of hydrogen-bond acceptors (Lipinski definition) is 4. The summed E-state index contributed by atoms with van der Waals surface area (Å²) in [5, 5.41) is 4.56. The van der Waals surface area contributed by atoms with Crippen LogP contribution in [0.4, 0.5) is 0 Å². The molecule has 0 aliphatic carbocycles. The van der Waals surface area contributed by atoms with E-state index in [1.54, 1.807) is 13.0 Å². The van der Waals surface area contributed by atoms with Gasteiger partial charge in [0.05, 0.1) is 6.61 Å². The molecule has 0 spiro atoms. The van der Waals surface area contributed by atoms with Gasteiger partial charge < -0.3 is 9.26 Å². The standard InChI is InChI=1S/C18H24NO4P/c1-13(17(20)22-12-18(2,3)4)19-24(21)23-16-11-7-9-14-8-5-6-10-15(14)16/h5-11,13,24H,12H2,1-4H3,(H,19,21)/t13-/m0/s1. The molecule has 5 nitrogen and oxygen atoms in total. The predicted molar refractivity (Wildman–Crippen MR) is 96.6 cm³/mol. The van der Waals surface area contributed by atoms with E-state index in [1.807, 2.05) is 57.2 Å². The Morgan fingerprint density at radius 1 is 1.17 bits per heavy atom. The molecule has 0 heterocycles. The minimum Gasteiger partial charge on any atom is -0.464 e. The number of rotatable bonds is 6. The van der Waals surface area contributed by atoms with Gasteiger partial charge >= 0.3 is 14.1 Å². The second kappa shape index (κ2) is 7.82. The highest BCUT2D eigenvalue weighted by Crippen LogP contribution is 2.31. The third-order valence-electron chi connectivity index (χ3n) is 3.29. The summed E-state index contributed by atoms with van der Waals surface area (Å²) in [7, 11) is -2.63. The second-order valence-electron chi connectivity index (χ2n) is 6.90. The quantitative estimate of drug-likeness (QED) is 0.626. The van der Waals surface area contributed by atoms with Crippen LogP contribution in [0.25, 0.3) is 10.8 Å². The molecule has 0 aliphatic heterocycles. The Morgan fingerprint density at radius 3 is 2.54 bits per heavy atom. The summed E-state index contributed by atoms with van der Waals surface area (Å²) in [5.41, 5.74) is -0.111. The molecule has 130 valence electrons. The Labute approximate surface area is 143 Å². The number of nitrogens with one attached hydrogen (secondary N) is 1. The van der Waals surface area contributed by atoms with Crippen LogP contribution in [0.2, 0.25) is 0 Å². The Morgan fingerprint density at radius 2 is 1.83 bits per heavy atom. The molecule has 2 aromatic carbocycles. The highest BCUT2D eigenvalue weighted by Gasteiger charge is 2.20. The number of fused-ring (bicyclic) bond motifs is 1. The van der Waals surface area contributed by atoms with E-state index in [4.69, 9.17) is 9.26 Å². The fraction of sp³-hybridized carbons (Fsp3) is 0.389.